The number of fused-ring (bicyclic) bond motifs is 1. The zero-order valence-corrected chi connectivity index (χ0v) is 14.8. The van der Waals surface area contributed by atoms with E-state index in [-0.39, 0.29) is 17.3 Å². The Morgan fingerprint density at radius 3 is 2.85 bits per heavy atom. The number of aryl methyl sites for hydroxylation is 2. The van der Waals surface area contributed by atoms with Gasteiger partial charge >= 0.3 is 11.9 Å². The first-order valence-electron chi connectivity index (χ1n) is 8.80. The van der Waals surface area contributed by atoms with Crippen molar-refractivity contribution in [1.82, 2.24) is 24.6 Å². The minimum atomic E-state index is -4.60. The summed E-state index contributed by atoms with van der Waals surface area (Å²) in [6.45, 7) is 2.93. The van der Waals surface area contributed by atoms with Gasteiger partial charge in [-0.3, -0.25) is 14.3 Å². The summed E-state index contributed by atoms with van der Waals surface area (Å²) in [6, 6.07) is 1.73. The Hall–Kier alpha value is -2.65. The highest BCUT2D eigenvalue weighted by molar-refractivity contribution is 5.94. The zero-order valence-electron chi connectivity index (χ0n) is 14.8. The average Bonchev–Trinajstić information content (AvgIpc) is 2.79. The molecule has 3 rings (SSSR count). The molecule has 0 aromatic carbocycles. The molecule has 1 unspecified atom stereocenters. The summed E-state index contributed by atoms with van der Waals surface area (Å²) in [6.07, 6.45) is -1.25. The SMILES string of the molecule is CCCn1nc2n(c1=O)CCC(NC(=O)c1ccnc(C(F)(F)F)c1)CC2. The van der Waals surface area contributed by atoms with Gasteiger partial charge in [0.1, 0.15) is 11.5 Å². The zero-order chi connectivity index (χ0) is 19.6. The van der Waals surface area contributed by atoms with Gasteiger partial charge in [-0.25, -0.2) is 9.48 Å². The normalized spacial score (nSPS) is 17.3. The third-order valence-electron chi connectivity index (χ3n) is 4.50. The van der Waals surface area contributed by atoms with Crippen LogP contribution in [0.4, 0.5) is 13.2 Å². The second-order valence-electron chi connectivity index (χ2n) is 6.50. The summed E-state index contributed by atoms with van der Waals surface area (Å²) in [5, 5.41) is 7.09. The van der Waals surface area contributed by atoms with Crippen LogP contribution in [0, 0.1) is 0 Å². The molecule has 0 aliphatic carbocycles. The number of amides is 1. The van der Waals surface area contributed by atoms with Crippen LogP contribution >= 0.6 is 0 Å². The molecular weight excluding hydrogens is 363 g/mol. The van der Waals surface area contributed by atoms with Crippen molar-refractivity contribution >= 4 is 5.91 Å². The molecule has 0 fully saturated rings. The monoisotopic (exact) mass is 383 g/mol. The first-order valence-corrected chi connectivity index (χ1v) is 8.80. The predicted octanol–water partition coefficient (Wildman–Crippen LogP) is 2.00. The lowest BCUT2D eigenvalue weighted by molar-refractivity contribution is -0.141. The highest BCUT2D eigenvalue weighted by Crippen LogP contribution is 2.27. The van der Waals surface area contributed by atoms with Gasteiger partial charge in [0.05, 0.1) is 0 Å². The van der Waals surface area contributed by atoms with Crippen molar-refractivity contribution in [3.8, 4) is 0 Å². The van der Waals surface area contributed by atoms with E-state index in [4.69, 9.17) is 0 Å². The molecule has 146 valence electrons. The van der Waals surface area contributed by atoms with Gasteiger partial charge in [0, 0.05) is 37.3 Å². The molecule has 0 spiro atoms. The van der Waals surface area contributed by atoms with E-state index in [0.717, 1.165) is 18.7 Å². The van der Waals surface area contributed by atoms with E-state index in [2.05, 4.69) is 15.4 Å². The van der Waals surface area contributed by atoms with Crippen LogP contribution in [0.15, 0.2) is 23.1 Å². The van der Waals surface area contributed by atoms with E-state index in [1.807, 2.05) is 6.92 Å². The lowest BCUT2D eigenvalue weighted by Gasteiger charge is -2.16. The van der Waals surface area contributed by atoms with Gasteiger partial charge in [0.25, 0.3) is 5.91 Å². The quantitative estimate of drug-likeness (QED) is 0.876. The summed E-state index contributed by atoms with van der Waals surface area (Å²) >= 11 is 0. The summed E-state index contributed by atoms with van der Waals surface area (Å²) in [5.74, 6) is 0.0873. The Morgan fingerprint density at radius 1 is 1.37 bits per heavy atom. The highest BCUT2D eigenvalue weighted by Gasteiger charge is 2.33. The fraction of sp³-hybridized carbons (Fsp3) is 0.529. The first-order chi connectivity index (χ1) is 12.8. The van der Waals surface area contributed by atoms with E-state index in [0.29, 0.717) is 38.2 Å². The molecule has 10 heteroatoms. The van der Waals surface area contributed by atoms with Crippen LogP contribution < -0.4 is 11.0 Å². The molecule has 7 nitrogen and oxygen atoms in total. The number of hydrogen-bond acceptors (Lipinski definition) is 4. The number of rotatable bonds is 4. The molecule has 3 heterocycles. The third-order valence-corrected chi connectivity index (χ3v) is 4.50. The Labute approximate surface area is 153 Å². The summed E-state index contributed by atoms with van der Waals surface area (Å²) < 4.78 is 41.3. The van der Waals surface area contributed by atoms with Gasteiger partial charge < -0.3 is 5.32 Å². The van der Waals surface area contributed by atoms with E-state index >= 15 is 0 Å². The van der Waals surface area contributed by atoms with E-state index < -0.39 is 17.8 Å². The third kappa shape index (κ3) is 4.20. The van der Waals surface area contributed by atoms with Crippen molar-refractivity contribution in [2.45, 2.75) is 57.9 Å². The number of carbonyl (C=O) groups is 1. The molecule has 0 saturated heterocycles. The van der Waals surface area contributed by atoms with Crippen LogP contribution in [0.25, 0.3) is 0 Å². The molecule has 1 amide bonds. The van der Waals surface area contributed by atoms with Crippen LogP contribution in [-0.2, 0) is 25.7 Å². The number of carbonyl (C=O) groups excluding carboxylic acids is 1. The Bertz CT molecular complexity index is 887. The van der Waals surface area contributed by atoms with Crippen molar-refractivity contribution in [2.75, 3.05) is 0 Å². The van der Waals surface area contributed by atoms with E-state index in [9.17, 15) is 22.8 Å². The number of alkyl halides is 3. The molecule has 27 heavy (non-hydrogen) atoms. The molecule has 1 aliphatic rings. The molecular formula is C17H20F3N5O2. The maximum atomic E-state index is 12.7. The minimum absolute atomic E-state index is 0.0930. The van der Waals surface area contributed by atoms with Crippen molar-refractivity contribution in [1.29, 1.82) is 0 Å². The topological polar surface area (TPSA) is 81.8 Å². The first kappa shape index (κ1) is 19.1. The van der Waals surface area contributed by atoms with Gasteiger partial charge in [0.15, 0.2) is 0 Å². The van der Waals surface area contributed by atoms with Crippen LogP contribution in [0.3, 0.4) is 0 Å². The summed E-state index contributed by atoms with van der Waals surface area (Å²) in [7, 11) is 0. The highest BCUT2D eigenvalue weighted by atomic mass is 19.4. The van der Waals surface area contributed by atoms with Gasteiger partial charge in [-0.15, -0.1) is 0 Å². The van der Waals surface area contributed by atoms with E-state index in [1.165, 1.54) is 10.7 Å². The summed E-state index contributed by atoms with van der Waals surface area (Å²) in [4.78, 5) is 27.9. The Balaban J connectivity index is 1.67. The number of pyridine rings is 1. The van der Waals surface area contributed by atoms with Gasteiger partial charge in [-0.1, -0.05) is 6.92 Å². The largest absolute Gasteiger partial charge is 0.433 e. The molecule has 1 atom stereocenters. The lowest BCUT2D eigenvalue weighted by atomic mass is 10.1. The number of aromatic nitrogens is 4. The Kier molecular flexibility index (Phi) is 5.33. The number of hydrogen-bond donors (Lipinski definition) is 1. The van der Waals surface area contributed by atoms with Gasteiger partial charge in [-0.2, -0.15) is 18.3 Å². The van der Waals surface area contributed by atoms with Crippen LogP contribution in [0.2, 0.25) is 0 Å². The standard InChI is InChI=1S/C17H20F3N5O2/c1-2-8-25-16(27)24-9-6-12(3-4-14(24)23-25)22-15(26)11-5-7-21-13(10-11)17(18,19)20/h5,7,10,12H,2-4,6,8-9H2,1H3,(H,22,26). The van der Waals surface area contributed by atoms with Crippen LogP contribution in [0.5, 0.6) is 0 Å². The average molecular weight is 383 g/mol. The maximum Gasteiger partial charge on any atom is 0.433 e. The smallest absolute Gasteiger partial charge is 0.349 e. The van der Waals surface area contributed by atoms with Crippen molar-refractivity contribution in [3.63, 3.8) is 0 Å². The van der Waals surface area contributed by atoms with Crippen LogP contribution in [0.1, 0.15) is 48.1 Å². The van der Waals surface area contributed by atoms with Crippen molar-refractivity contribution in [2.24, 2.45) is 0 Å². The lowest BCUT2D eigenvalue weighted by Crippen LogP contribution is -2.36. The number of nitrogens with one attached hydrogen (secondary N) is 1. The number of halogens is 3. The molecule has 1 aliphatic heterocycles. The molecule has 0 radical (unpaired) electrons. The van der Waals surface area contributed by atoms with E-state index in [1.54, 1.807) is 4.57 Å². The fourth-order valence-electron chi connectivity index (χ4n) is 3.13. The Morgan fingerprint density at radius 2 is 2.15 bits per heavy atom. The molecule has 0 bridgehead atoms. The van der Waals surface area contributed by atoms with Crippen LogP contribution in [-0.4, -0.2) is 31.3 Å². The second kappa shape index (κ2) is 7.53. The fourth-order valence-corrected chi connectivity index (χ4v) is 3.13. The molecule has 1 N–H and O–H groups in total. The maximum absolute atomic E-state index is 12.7. The minimum Gasteiger partial charge on any atom is -0.349 e. The second-order valence-corrected chi connectivity index (χ2v) is 6.50. The predicted molar refractivity (Wildman–Crippen MR) is 90.2 cm³/mol. The van der Waals surface area contributed by atoms with Crippen molar-refractivity contribution in [3.05, 3.63) is 45.9 Å². The van der Waals surface area contributed by atoms with Gasteiger partial charge in [-0.05, 0) is 31.4 Å². The summed E-state index contributed by atoms with van der Waals surface area (Å²) in [5.41, 5.74) is -1.36. The molecule has 0 saturated carbocycles. The van der Waals surface area contributed by atoms with Gasteiger partial charge in [0.2, 0.25) is 0 Å². The molecule has 2 aromatic heterocycles. The molecule has 2 aromatic rings. The van der Waals surface area contributed by atoms with Crippen molar-refractivity contribution < 1.29 is 18.0 Å². The number of nitrogens with zero attached hydrogens (tertiary/aromatic N) is 4.